The number of carbonyl (C=O) groups is 1. The SMILES string of the molecule is Cc1sc2ncn(CCC(=O)NC[C@H]3C[C@H]3C)c(=O)c2c1C. The van der Waals surface area contributed by atoms with Crippen molar-refractivity contribution in [1.29, 1.82) is 0 Å². The zero-order valence-electron chi connectivity index (χ0n) is 13.2. The summed E-state index contributed by atoms with van der Waals surface area (Å²) >= 11 is 1.54. The van der Waals surface area contributed by atoms with E-state index in [1.54, 1.807) is 22.2 Å². The first-order chi connectivity index (χ1) is 10.5. The second kappa shape index (κ2) is 5.83. The number of nitrogens with one attached hydrogen (secondary N) is 1. The molecule has 0 unspecified atom stereocenters. The molecule has 0 radical (unpaired) electrons. The van der Waals surface area contributed by atoms with Crippen LogP contribution >= 0.6 is 11.3 Å². The highest BCUT2D eigenvalue weighted by molar-refractivity contribution is 7.18. The average molecular weight is 319 g/mol. The molecule has 1 fully saturated rings. The zero-order chi connectivity index (χ0) is 15.9. The molecular formula is C16H21N3O2S. The summed E-state index contributed by atoms with van der Waals surface area (Å²) in [5.74, 6) is 1.38. The quantitative estimate of drug-likeness (QED) is 0.919. The summed E-state index contributed by atoms with van der Waals surface area (Å²) in [6.07, 6.45) is 3.07. The van der Waals surface area contributed by atoms with Crippen molar-refractivity contribution in [2.75, 3.05) is 6.54 Å². The maximum Gasteiger partial charge on any atom is 0.262 e. The number of thiophene rings is 1. The van der Waals surface area contributed by atoms with Gasteiger partial charge in [0.05, 0.1) is 11.7 Å². The first-order valence-electron chi connectivity index (χ1n) is 7.69. The van der Waals surface area contributed by atoms with Crippen molar-refractivity contribution in [2.24, 2.45) is 11.8 Å². The number of aromatic nitrogens is 2. The minimum atomic E-state index is -0.0459. The molecule has 2 heterocycles. The third-order valence-corrected chi connectivity index (χ3v) is 5.69. The van der Waals surface area contributed by atoms with Gasteiger partial charge in [-0.3, -0.25) is 14.2 Å². The zero-order valence-corrected chi connectivity index (χ0v) is 14.0. The van der Waals surface area contributed by atoms with E-state index < -0.39 is 0 Å². The molecule has 0 saturated heterocycles. The Balaban J connectivity index is 1.66. The van der Waals surface area contributed by atoms with Gasteiger partial charge in [-0.05, 0) is 37.7 Å². The predicted molar refractivity (Wildman–Crippen MR) is 88.3 cm³/mol. The Kier molecular flexibility index (Phi) is 4.04. The van der Waals surface area contributed by atoms with Crippen LogP contribution in [0.1, 0.15) is 30.2 Å². The molecule has 1 saturated carbocycles. The van der Waals surface area contributed by atoms with Gasteiger partial charge in [0, 0.05) is 24.4 Å². The van der Waals surface area contributed by atoms with Crippen LogP contribution < -0.4 is 10.9 Å². The van der Waals surface area contributed by atoms with E-state index in [4.69, 9.17) is 0 Å². The lowest BCUT2D eigenvalue weighted by atomic mass is 10.2. The molecule has 3 rings (SSSR count). The lowest BCUT2D eigenvalue weighted by Gasteiger charge is -2.07. The minimum absolute atomic E-state index is 0.00400. The van der Waals surface area contributed by atoms with Gasteiger partial charge >= 0.3 is 0 Å². The molecule has 2 aromatic rings. The third kappa shape index (κ3) is 2.92. The topological polar surface area (TPSA) is 64.0 Å². The predicted octanol–water partition coefficient (Wildman–Crippen LogP) is 2.24. The molecule has 6 heteroatoms. The fourth-order valence-electron chi connectivity index (χ4n) is 2.67. The molecule has 0 aromatic carbocycles. The van der Waals surface area contributed by atoms with Crippen LogP contribution in [0.25, 0.3) is 10.2 Å². The van der Waals surface area contributed by atoms with Gasteiger partial charge < -0.3 is 5.32 Å². The lowest BCUT2D eigenvalue weighted by Crippen LogP contribution is -2.29. The summed E-state index contributed by atoms with van der Waals surface area (Å²) < 4.78 is 1.54. The number of hydrogen-bond donors (Lipinski definition) is 1. The molecule has 0 bridgehead atoms. The van der Waals surface area contributed by atoms with Crippen molar-refractivity contribution >= 4 is 27.5 Å². The molecule has 0 spiro atoms. The Morgan fingerprint density at radius 2 is 2.23 bits per heavy atom. The highest BCUT2D eigenvalue weighted by atomic mass is 32.1. The lowest BCUT2D eigenvalue weighted by molar-refractivity contribution is -0.121. The van der Waals surface area contributed by atoms with Gasteiger partial charge in [-0.1, -0.05) is 6.92 Å². The molecule has 1 aliphatic carbocycles. The highest BCUT2D eigenvalue weighted by Gasteiger charge is 2.32. The van der Waals surface area contributed by atoms with E-state index in [2.05, 4.69) is 17.2 Å². The van der Waals surface area contributed by atoms with E-state index in [0.717, 1.165) is 27.7 Å². The standard InChI is InChI=1S/C16H21N3O2S/c1-9-6-12(9)7-17-13(20)4-5-19-8-18-15-14(16(19)21)10(2)11(3)22-15/h8-9,12H,4-7H2,1-3H3,(H,17,20)/t9-,12-/m1/s1. The molecule has 1 aliphatic rings. The van der Waals surface area contributed by atoms with E-state index in [1.165, 1.54) is 6.42 Å². The van der Waals surface area contributed by atoms with Crippen LogP contribution in [0.3, 0.4) is 0 Å². The second-order valence-corrected chi connectivity index (χ2v) is 7.44. The first-order valence-corrected chi connectivity index (χ1v) is 8.51. The normalized spacial score (nSPS) is 20.3. The number of carbonyl (C=O) groups excluding carboxylic acids is 1. The molecule has 1 N–H and O–H groups in total. The van der Waals surface area contributed by atoms with Crippen LogP contribution in [0.5, 0.6) is 0 Å². The smallest absolute Gasteiger partial charge is 0.262 e. The molecule has 22 heavy (non-hydrogen) atoms. The number of rotatable bonds is 5. The van der Waals surface area contributed by atoms with Crippen LogP contribution in [0.15, 0.2) is 11.1 Å². The number of aryl methyl sites for hydroxylation is 3. The third-order valence-electron chi connectivity index (χ3n) is 4.57. The van der Waals surface area contributed by atoms with Crippen LogP contribution in [-0.2, 0) is 11.3 Å². The Morgan fingerprint density at radius 1 is 1.50 bits per heavy atom. The molecule has 0 aliphatic heterocycles. The summed E-state index contributed by atoms with van der Waals surface area (Å²) in [5, 5.41) is 3.64. The van der Waals surface area contributed by atoms with Crippen LogP contribution in [0.2, 0.25) is 0 Å². The van der Waals surface area contributed by atoms with Gasteiger partial charge in [0.15, 0.2) is 0 Å². The van der Waals surface area contributed by atoms with E-state index in [9.17, 15) is 9.59 Å². The largest absolute Gasteiger partial charge is 0.356 e. The minimum Gasteiger partial charge on any atom is -0.356 e. The van der Waals surface area contributed by atoms with Crippen molar-refractivity contribution in [3.8, 4) is 0 Å². The maximum atomic E-state index is 12.5. The Hall–Kier alpha value is -1.69. The molecule has 1 amide bonds. The fourth-order valence-corrected chi connectivity index (χ4v) is 3.66. The van der Waals surface area contributed by atoms with Gasteiger partial charge in [-0.2, -0.15) is 0 Å². The van der Waals surface area contributed by atoms with Gasteiger partial charge in [0.1, 0.15) is 4.83 Å². The average Bonchev–Trinajstić information content (AvgIpc) is 3.11. The molecule has 2 atom stereocenters. The Labute approximate surface area is 133 Å². The summed E-state index contributed by atoms with van der Waals surface area (Å²) in [4.78, 5) is 30.6. The Bertz CT molecular complexity index is 778. The Morgan fingerprint density at radius 3 is 2.91 bits per heavy atom. The van der Waals surface area contributed by atoms with Gasteiger partial charge in [-0.25, -0.2) is 4.98 Å². The van der Waals surface area contributed by atoms with Crippen LogP contribution in [0.4, 0.5) is 0 Å². The maximum absolute atomic E-state index is 12.5. The van der Waals surface area contributed by atoms with E-state index >= 15 is 0 Å². The van der Waals surface area contributed by atoms with Gasteiger partial charge in [0.2, 0.25) is 5.91 Å². The van der Waals surface area contributed by atoms with Crippen molar-refractivity contribution in [1.82, 2.24) is 14.9 Å². The summed E-state index contributed by atoms with van der Waals surface area (Å²) in [6, 6.07) is 0. The fraction of sp³-hybridized carbons (Fsp3) is 0.562. The first kappa shape index (κ1) is 15.2. The van der Waals surface area contributed by atoms with Crippen molar-refractivity contribution < 1.29 is 4.79 Å². The second-order valence-electron chi connectivity index (χ2n) is 6.23. The molecular weight excluding hydrogens is 298 g/mol. The summed E-state index contributed by atoms with van der Waals surface area (Å²) in [7, 11) is 0. The van der Waals surface area contributed by atoms with Gasteiger partial charge in [0.25, 0.3) is 5.56 Å². The van der Waals surface area contributed by atoms with E-state index in [1.807, 2.05) is 13.8 Å². The van der Waals surface area contributed by atoms with E-state index in [-0.39, 0.29) is 11.5 Å². The number of nitrogens with zero attached hydrogens (tertiary/aromatic N) is 2. The van der Waals surface area contributed by atoms with Crippen LogP contribution in [0, 0.1) is 25.7 Å². The van der Waals surface area contributed by atoms with Crippen LogP contribution in [-0.4, -0.2) is 22.0 Å². The molecule has 118 valence electrons. The summed E-state index contributed by atoms with van der Waals surface area (Å²) in [6.45, 7) is 7.28. The molecule has 5 nitrogen and oxygen atoms in total. The number of hydrogen-bond acceptors (Lipinski definition) is 4. The van der Waals surface area contributed by atoms with E-state index in [0.29, 0.717) is 24.3 Å². The number of fused-ring (bicyclic) bond motifs is 1. The highest BCUT2D eigenvalue weighted by Crippen LogP contribution is 2.36. The van der Waals surface area contributed by atoms with Crippen molar-refractivity contribution in [3.05, 3.63) is 27.1 Å². The molecule has 2 aromatic heterocycles. The van der Waals surface area contributed by atoms with Crippen molar-refractivity contribution in [2.45, 2.75) is 40.2 Å². The number of amides is 1. The monoisotopic (exact) mass is 319 g/mol. The summed E-state index contributed by atoms with van der Waals surface area (Å²) in [5.41, 5.74) is 0.953. The van der Waals surface area contributed by atoms with Gasteiger partial charge in [-0.15, -0.1) is 11.3 Å². The van der Waals surface area contributed by atoms with Crippen molar-refractivity contribution in [3.63, 3.8) is 0 Å².